The van der Waals surface area contributed by atoms with Gasteiger partial charge in [-0.1, -0.05) is 6.07 Å². The molecule has 0 saturated heterocycles. The number of rotatable bonds is 2. The zero-order valence-corrected chi connectivity index (χ0v) is 12.7. The van der Waals surface area contributed by atoms with Crippen molar-refractivity contribution in [3.8, 4) is 0 Å². The number of amides is 1. The number of aryl methyl sites for hydroxylation is 2. The van der Waals surface area contributed by atoms with Gasteiger partial charge >= 0.3 is 5.97 Å². The van der Waals surface area contributed by atoms with Crippen molar-refractivity contribution in [1.29, 1.82) is 0 Å². The molecule has 1 aromatic carbocycles. The van der Waals surface area contributed by atoms with Gasteiger partial charge in [-0.3, -0.25) is 4.79 Å². The maximum atomic E-state index is 12.6. The minimum absolute atomic E-state index is 0.0184. The number of carbonyl (C=O) groups excluding carboxylic acids is 1. The summed E-state index contributed by atoms with van der Waals surface area (Å²) in [5.41, 5.74) is 2.97. The van der Waals surface area contributed by atoms with Gasteiger partial charge in [0.2, 0.25) is 0 Å². The summed E-state index contributed by atoms with van der Waals surface area (Å²) in [7, 11) is 0. The zero-order valence-electron chi connectivity index (χ0n) is 11.8. The van der Waals surface area contributed by atoms with E-state index in [1.807, 2.05) is 19.9 Å². The van der Waals surface area contributed by atoms with Crippen LogP contribution in [0.1, 0.15) is 41.6 Å². The van der Waals surface area contributed by atoms with Crippen LogP contribution in [0.4, 0.5) is 0 Å². The number of hydrogen-bond acceptors (Lipinski definition) is 3. The summed E-state index contributed by atoms with van der Waals surface area (Å²) in [5.74, 6) is -0.920. The van der Waals surface area contributed by atoms with Crippen molar-refractivity contribution >= 4 is 23.2 Å². The van der Waals surface area contributed by atoms with Gasteiger partial charge in [0.25, 0.3) is 5.91 Å². The molecule has 2 heterocycles. The number of thiophene rings is 1. The summed E-state index contributed by atoms with van der Waals surface area (Å²) >= 11 is 1.62. The molecular weight excluding hydrogens is 286 g/mol. The van der Waals surface area contributed by atoms with Crippen molar-refractivity contribution in [1.82, 2.24) is 4.90 Å². The molecule has 1 aliphatic rings. The van der Waals surface area contributed by atoms with Gasteiger partial charge in [-0.2, -0.15) is 0 Å². The molecule has 0 radical (unpaired) electrons. The van der Waals surface area contributed by atoms with Crippen molar-refractivity contribution in [2.45, 2.75) is 26.9 Å². The van der Waals surface area contributed by atoms with Crippen LogP contribution in [0, 0.1) is 13.8 Å². The average Bonchev–Trinajstić information content (AvgIpc) is 2.99. The fourth-order valence-electron chi connectivity index (χ4n) is 2.68. The molecule has 108 valence electrons. The van der Waals surface area contributed by atoms with Gasteiger partial charge in [-0.15, -0.1) is 11.3 Å². The van der Waals surface area contributed by atoms with Crippen LogP contribution in [-0.2, 0) is 13.1 Å². The highest BCUT2D eigenvalue weighted by molar-refractivity contribution is 7.12. The lowest BCUT2D eigenvalue weighted by Crippen LogP contribution is -2.25. The van der Waals surface area contributed by atoms with E-state index in [0.29, 0.717) is 13.1 Å². The number of fused-ring (bicyclic) bond motifs is 1. The van der Waals surface area contributed by atoms with E-state index in [9.17, 15) is 9.59 Å². The van der Waals surface area contributed by atoms with E-state index < -0.39 is 5.97 Å². The van der Waals surface area contributed by atoms with Crippen molar-refractivity contribution in [3.05, 3.63) is 56.3 Å². The minimum atomic E-state index is -0.938. The van der Waals surface area contributed by atoms with Crippen LogP contribution in [0.2, 0.25) is 0 Å². The number of hydrogen-bond donors (Lipinski definition) is 1. The van der Waals surface area contributed by atoms with Crippen LogP contribution < -0.4 is 0 Å². The van der Waals surface area contributed by atoms with Crippen LogP contribution in [-0.4, -0.2) is 21.9 Å². The number of benzene rings is 1. The predicted molar refractivity (Wildman–Crippen MR) is 80.8 cm³/mol. The van der Waals surface area contributed by atoms with E-state index in [0.717, 1.165) is 26.4 Å². The van der Waals surface area contributed by atoms with Gasteiger partial charge in [0.1, 0.15) is 0 Å². The Kier molecular flexibility index (Phi) is 3.29. The third-order valence-corrected chi connectivity index (χ3v) is 4.70. The molecule has 0 bridgehead atoms. The van der Waals surface area contributed by atoms with Gasteiger partial charge in [-0.25, -0.2) is 4.79 Å². The van der Waals surface area contributed by atoms with E-state index in [4.69, 9.17) is 5.11 Å². The summed E-state index contributed by atoms with van der Waals surface area (Å²) in [4.78, 5) is 27.5. The number of carbonyl (C=O) groups is 2. The molecule has 2 aromatic rings. The smallest absolute Gasteiger partial charge is 0.335 e. The fourth-order valence-corrected chi connectivity index (χ4v) is 3.60. The lowest BCUT2D eigenvalue weighted by molar-refractivity contribution is 0.0696. The molecule has 3 rings (SSSR count). The van der Waals surface area contributed by atoms with Crippen LogP contribution >= 0.6 is 11.3 Å². The van der Waals surface area contributed by atoms with E-state index in [-0.39, 0.29) is 11.5 Å². The van der Waals surface area contributed by atoms with Gasteiger partial charge in [-0.05, 0) is 43.2 Å². The van der Waals surface area contributed by atoms with Gasteiger partial charge in [0.15, 0.2) is 0 Å². The van der Waals surface area contributed by atoms with E-state index >= 15 is 0 Å². The summed E-state index contributed by atoms with van der Waals surface area (Å²) in [6, 6.07) is 6.98. The number of nitrogens with zero attached hydrogens (tertiary/aromatic N) is 1. The molecular formula is C16H15NO3S. The predicted octanol–water partition coefficient (Wildman–Crippen LogP) is 3.22. The molecule has 1 amide bonds. The van der Waals surface area contributed by atoms with Crippen molar-refractivity contribution in [3.63, 3.8) is 0 Å². The second-order valence-electron chi connectivity index (χ2n) is 5.28. The Morgan fingerprint density at radius 1 is 1.14 bits per heavy atom. The lowest BCUT2D eigenvalue weighted by Gasteiger charge is -2.15. The third-order valence-electron chi connectivity index (χ3n) is 3.73. The molecule has 1 aromatic heterocycles. The summed E-state index contributed by atoms with van der Waals surface area (Å²) in [6.45, 7) is 4.97. The third kappa shape index (κ3) is 2.45. The fraction of sp³-hybridized carbons (Fsp3) is 0.250. The first kappa shape index (κ1) is 13.8. The van der Waals surface area contributed by atoms with Crippen LogP contribution in [0.3, 0.4) is 0 Å². The summed E-state index contributed by atoms with van der Waals surface area (Å²) in [6.07, 6.45) is 0. The number of aromatic carboxylic acids is 1. The Balaban J connectivity index is 1.86. The van der Waals surface area contributed by atoms with Crippen molar-refractivity contribution in [2.75, 3.05) is 0 Å². The van der Waals surface area contributed by atoms with Crippen LogP contribution in [0.25, 0.3) is 0 Å². The highest BCUT2D eigenvalue weighted by Gasteiger charge is 2.26. The second kappa shape index (κ2) is 5.00. The Hall–Kier alpha value is -2.14. The SMILES string of the molecule is Cc1cc(C(=O)N2Cc3ccc(C(=O)O)cc3C2)c(C)s1. The maximum absolute atomic E-state index is 12.6. The number of carboxylic acid groups (broad SMARTS) is 1. The quantitative estimate of drug-likeness (QED) is 0.926. The topological polar surface area (TPSA) is 57.6 Å². The van der Waals surface area contributed by atoms with Crippen molar-refractivity contribution < 1.29 is 14.7 Å². The van der Waals surface area contributed by atoms with E-state index in [2.05, 4.69) is 0 Å². The standard InChI is InChI=1S/C16H15NO3S/c1-9-5-14(10(2)21-9)15(18)17-7-12-4-3-11(16(19)20)6-13(12)8-17/h3-6H,7-8H2,1-2H3,(H,19,20). The Labute approximate surface area is 126 Å². The lowest BCUT2D eigenvalue weighted by atomic mass is 10.1. The van der Waals surface area contributed by atoms with Gasteiger partial charge < -0.3 is 10.0 Å². The zero-order chi connectivity index (χ0) is 15.1. The molecule has 0 fully saturated rings. The minimum Gasteiger partial charge on any atom is -0.478 e. The Morgan fingerprint density at radius 3 is 2.48 bits per heavy atom. The highest BCUT2D eigenvalue weighted by Crippen LogP contribution is 2.28. The first-order valence-electron chi connectivity index (χ1n) is 6.67. The Bertz CT molecular complexity index is 748. The molecule has 1 aliphatic heterocycles. The summed E-state index contributed by atoms with van der Waals surface area (Å²) < 4.78 is 0. The van der Waals surface area contributed by atoms with Gasteiger partial charge in [0.05, 0.1) is 11.1 Å². The van der Waals surface area contributed by atoms with Crippen LogP contribution in [0.15, 0.2) is 24.3 Å². The Morgan fingerprint density at radius 2 is 1.86 bits per heavy atom. The largest absolute Gasteiger partial charge is 0.478 e. The molecule has 4 nitrogen and oxygen atoms in total. The van der Waals surface area contributed by atoms with E-state index in [1.165, 1.54) is 0 Å². The summed E-state index contributed by atoms with van der Waals surface area (Å²) in [5, 5.41) is 9.03. The first-order chi connectivity index (χ1) is 9.95. The van der Waals surface area contributed by atoms with Crippen LogP contribution in [0.5, 0.6) is 0 Å². The van der Waals surface area contributed by atoms with Crippen molar-refractivity contribution in [2.24, 2.45) is 0 Å². The molecule has 0 spiro atoms. The molecule has 0 aliphatic carbocycles. The normalized spacial score (nSPS) is 13.3. The maximum Gasteiger partial charge on any atom is 0.335 e. The average molecular weight is 301 g/mol. The first-order valence-corrected chi connectivity index (χ1v) is 7.49. The highest BCUT2D eigenvalue weighted by atomic mass is 32.1. The molecule has 0 unspecified atom stereocenters. The molecule has 0 saturated carbocycles. The molecule has 5 heteroatoms. The molecule has 0 atom stereocenters. The second-order valence-corrected chi connectivity index (χ2v) is 6.74. The molecule has 21 heavy (non-hydrogen) atoms. The number of carboxylic acids is 1. The van der Waals surface area contributed by atoms with E-state index in [1.54, 1.807) is 34.4 Å². The molecule has 1 N–H and O–H groups in total. The monoisotopic (exact) mass is 301 g/mol. The van der Waals surface area contributed by atoms with Gasteiger partial charge in [0, 0.05) is 22.8 Å².